The highest BCUT2D eigenvalue weighted by Gasteiger charge is 2.49. The number of nitrogens with one attached hydrogen (secondary N) is 2. The fraction of sp³-hybridized carbons (Fsp3) is 0.273. The maximum atomic E-state index is 14.5. The predicted octanol–water partition coefficient (Wildman–Crippen LogP) is 1.57. The molecule has 2 aromatic carbocycles. The molecular weight excluding hydrogens is 465 g/mol. The second kappa shape index (κ2) is 8.54. The normalized spacial score (nSPS) is 22.4. The summed E-state index contributed by atoms with van der Waals surface area (Å²) >= 11 is 5.71. The van der Waals surface area contributed by atoms with Crippen molar-refractivity contribution in [3.05, 3.63) is 69.7 Å². The van der Waals surface area contributed by atoms with Gasteiger partial charge in [-0.1, -0.05) is 35.9 Å². The number of carbonyl (C=O) groups excluding carboxylic acids is 4. The van der Waals surface area contributed by atoms with Crippen LogP contribution in [-0.4, -0.2) is 49.7 Å². The van der Waals surface area contributed by atoms with Gasteiger partial charge in [0.1, 0.15) is 7.85 Å². The second-order valence-corrected chi connectivity index (χ2v) is 8.64. The number of imide groups is 1. The second-order valence-electron chi connectivity index (χ2n) is 8.20. The Morgan fingerprint density at radius 1 is 1.21 bits per heavy atom. The van der Waals surface area contributed by atoms with Crippen LogP contribution in [0.4, 0.5) is 8.78 Å². The number of halogens is 3. The molecule has 1 saturated heterocycles. The highest BCUT2D eigenvalue weighted by Crippen LogP contribution is 2.35. The van der Waals surface area contributed by atoms with Gasteiger partial charge in [-0.2, -0.15) is 8.78 Å². The Labute approximate surface area is 201 Å². The number of hydrogen-bond acceptors (Lipinski definition) is 4. The minimum atomic E-state index is -3.77. The van der Waals surface area contributed by atoms with Gasteiger partial charge in [-0.25, -0.2) is 0 Å². The van der Waals surface area contributed by atoms with Crippen LogP contribution in [0.3, 0.4) is 0 Å². The molecule has 4 amide bonds. The van der Waals surface area contributed by atoms with Gasteiger partial charge in [0.25, 0.3) is 11.8 Å². The van der Waals surface area contributed by atoms with Crippen LogP contribution in [0.1, 0.15) is 33.5 Å². The van der Waals surface area contributed by atoms with E-state index in [1.54, 1.807) is 6.07 Å². The van der Waals surface area contributed by atoms with Gasteiger partial charge in [0.15, 0.2) is 0 Å². The quantitative estimate of drug-likeness (QED) is 0.501. The first-order chi connectivity index (χ1) is 15.9. The molecule has 170 valence electrons. The van der Waals surface area contributed by atoms with Gasteiger partial charge in [-0.3, -0.25) is 24.5 Å². The van der Waals surface area contributed by atoms with Crippen molar-refractivity contribution in [2.75, 3.05) is 0 Å². The topological polar surface area (TPSA) is 95.6 Å². The standard InChI is InChI=1S/C22H16B2ClF2N3O4/c23-16-8-21(24,19(33)29-17(16)31)30-10-12-7-11(1-6-15(12)18(30)32)9-28-20(34)22(26,27)13-2-4-14(25)5-3-13/h1-7,16H,8-10H2,(H,28,34)(H,29,31,33)/t16?,21-/m0/s1. The molecule has 0 aromatic heterocycles. The molecule has 2 aliphatic rings. The summed E-state index contributed by atoms with van der Waals surface area (Å²) in [5, 5.41) is 4.53. The van der Waals surface area contributed by atoms with Crippen LogP contribution in [-0.2, 0) is 33.4 Å². The highest BCUT2D eigenvalue weighted by molar-refractivity contribution is 6.36. The van der Waals surface area contributed by atoms with E-state index in [4.69, 9.17) is 27.3 Å². The monoisotopic (exact) mass is 481 g/mol. The Kier molecular flexibility index (Phi) is 6.01. The molecule has 4 radical (unpaired) electrons. The number of piperidine rings is 1. The molecule has 1 unspecified atom stereocenters. The molecule has 0 aliphatic carbocycles. The van der Waals surface area contributed by atoms with Gasteiger partial charge >= 0.3 is 5.92 Å². The lowest BCUT2D eigenvalue weighted by Crippen LogP contribution is -2.64. The van der Waals surface area contributed by atoms with Gasteiger partial charge in [0.2, 0.25) is 11.8 Å². The Morgan fingerprint density at radius 2 is 1.88 bits per heavy atom. The third kappa shape index (κ3) is 4.09. The van der Waals surface area contributed by atoms with Crippen LogP contribution in [0, 0.1) is 0 Å². The number of benzene rings is 2. The SMILES string of the molecule is [B]C1C[C@]([B])(N2Cc3cc(CNC(=O)C(F)(F)c4ccc(Cl)cc4)ccc3C2=O)C(=O)NC1=O. The maximum absolute atomic E-state index is 14.5. The van der Waals surface area contributed by atoms with Crippen LogP contribution in [0.5, 0.6) is 0 Å². The first-order valence-electron chi connectivity index (χ1n) is 10.2. The zero-order valence-electron chi connectivity index (χ0n) is 17.6. The van der Waals surface area contributed by atoms with Gasteiger partial charge < -0.3 is 10.2 Å². The molecule has 34 heavy (non-hydrogen) atoms. The van der Waals surface area contributed by atoms with Crippen molar-refractivity contribution < 1.29 is 28.0 Å². The van der Waals surface area contributed by atoms with Crippen molar-refractivity contribution >= 4 is 50.9 Å². The fourth-order valence-corrected chi connectivity index (χ4v) is 4.08. The molecular formula is C22H16B2ClF2N3O4. The highest BCUT2D eigenvalue weighted by atomic mass is 35.5. The number of fused-ring (bicyclic) bond motifs is 1. The minimum absolute atomic E-state index is 0.0539. The van der Waals surface area contributed by atoms with E-state index in [0.717, 1.165) is 17.0 Å². The zero-order chi connectivity index (χ0) is 24.8. The van der Waals surface area contributed by atoms with Gasteiger partial charge in [-0.05, 0) is 35.7 Å². The zero-order valence-corrected chi connectivity index (χ0v) is 18.4. The number of carbonyl (C=O) groups is 4. The van der Waals surface area contributed by atoms with Gasteiger partial charge in [0.05, 0.1) is 13.3 Å². The average Bonchev–Trinajstić information content (AvgIpc) is 3.13. The summed E-state index contributed by atoms with van der Waals surface area (Å²) < 4.78 is 28.9. The summed E-state index contributed by atoms with van der Waals surface area (Å²) in [5.41, 5.74) is -1.10. The number of nitrogens with zero attached hydrogens (tertiary/aromatic N) is 1. The van der Waals surface area contributed by atoms with Crippen molar-refractivity contribution in [3.8, 4) is 0 Å². The molecule has 0 spiro atoms. The van der Waals surface area contributed by atoms with E-state index in [1.807, 2.05) is 0 Å². The molecule has 2 aromatic rings. The van der Waals surface area contributed by atoms with Crippen LogP contribution in [0.25, 0.3) is 0 Å². The Balaban J connectivity index is 1.47. The van der Waals surface area contributed by atoms with Crippen LogP contribution < -0.4 is 10.6 Å². The first-order valence-corrected chi connectivity index (χ1v) is 10.6. The van der Waals surface area contributed by atoms with Crippen molar-refractivity contribution in [2.24, 2.45) is 0 Å². The van der Waals surface area contributed by atoms with E-state index >= 15 is 0 Å². The van der Waals surface area contributed by atoms with Gasteiger partial charge in [0, 0.05) is 35.1 Å². The van der Waals surface area contributed by atoms with Crippen molar-refractivity contribution in [3.63, 3.8) is 0 Å². The summed E-state index contributed by atoms with van der Waals surface area (Å²) in [6, 6.07) is 9.19. The Hall–Kier alpha value is -3.20. The third-order valence-corrected chi connectivity index (χ3v) is 6.15. The average molecular weight is 481 g/mol. The lowest BCUT2D eigenvalue weighted by molar-refractivity contribution is -0.147. The van der Waals surface area contributed by atoms with Crippen molar-refractivity contribution in [1.29, 1.82) is 0 Å². The summed E-state index contributed by atoms with van der Waals surface area (Å²) in [6.07, 6.45) is -0.250. The van der Waals surface area contributed by atoms with Crippen molar-refractivity contribution in [1.82, 2.24) is 15.5 Å². The van der Waals surface area contributed by atoms with E-state index in [9.17, 15) is 28.0 Å². The van der Waals surface area contributed by atoms with Crippen molar-refractivity contribution in [2.45, 2.75) is 36.7 Å². The maximum Gasteiger partial charge on any atom is 0.349 e. The summed E-state index contributed by atoms with van der Waals surface area (Å²) in [5.74, 6) is -8.37. The number of rotatable bonds is 5. The molecule has 2 N–H and O–H groups in total. The smallest absolute Gasteiger partial charge is 0.346 e. The van der Waals surface area contributed by atoms with E-state index in [1.165, 1.54) is 24.3 Å². The van der Waals surface area contributed by atoms with Crippen LogP contribution in [0.15, 0.2) is 42.5 Å². The molecule has 7 nitrogen and oxygen atoms in total. The number of hydrogen-bond donors (Lipinski definition) is 2. The minimum Gasteiger partial charge on any atom is -0.346 e. The molecule has 12 heteroatoms. The number of amides is 4. The molecule has 4 rings (SSSR count). The lowest BCUT2D eigenvalue weighted by Gasteiger charge is -2.42. The van der Waals surface area contributed by atoms with Crippen LogP contribution >= 0.6 is 11.6 Å². The van der Waals surface area contributed by atoms with Gasteiger partial charge in [-0.15, -0.1) is 0 Å². The molecule has 0 saturated carbocycles. The summed E-state index contributed by atoms with van der Waals surface area (Å²) in [6.45, 7) is -0.279. The molecule has 1 fully saturated rings. The third-order valence-electron chi connectivity index (χ3n) is 5.90. The summed E-state index contributed by atoms with van der Waals surface area (Å²) in [4.78, 5) is 50.2. The Bertz CT molecular complexity index is 1210. The lowest BCUT2D eigenvalue weighted by atomic mass is 9.62. The largest absolute Gasteiger partial charge is 0.349 e. The van der Waals surface area contributed by atoms with E-state index in [-0.39, 0.29) is 30.1 Å². The fourth-order valence-electron chi connectivity index (χ4n) is 3.96. The molecule has 2 atom stereocenters. The molecule has 0 bridgehead atoms. The van der Waals surface area contributed by atoms with E-state index in [0.29, 0.717) is 11.1 Å². The Morgan fingerprint density at radius 3 is 2.56 bits per heavy atom. The molecule has 2 heterocycles. The van der Waals surface area contributed by atoms with E-state index in [2.05, 4.69) is 10.6 Å². The van der Waals surface area contributed by atoms with Crippen LogP contribution in [0.2, 0.25) is 10.8 Å². The summed E-state index contributed by atoms with van der Waals surface area (Å²) in [7, 11) is 11.9. The molecule has 2 aliphatic heterocycles. The van der Waals surface area contributed by atoms with E-state index < -0.39 is 46.4 Å². The number of alkyl halides is 2. The first kappa shape index (κ1) is 23.9. The predicted molar refractivity (Wildman–Crippen MR) is 119 cm³/mol.